The molecule has 2 N–H and O–H groups in total. The van der Waals surface area contributed by atoms with E-state index in [1.807, 2.05) is 17.2 Å². The number of hydrogen-bond donors (Lipinski definition) is 2. The first kappa shape index (κ1) is 21.0. The van der Waals surface area contributed by atoms with E-state index in [4.69, 9.17) is 19.8 Å². The molecular weight excluding hydrogens is 369 g/mol. The number of aliphatic carboxylic acids is 2. The molecule has 0 radical (unpaired) electrons. The molecule has 3 rings (SSSR count). The average Bonchev–Trinajstić information content (AvgIpc) is 2.70. The molecule has 0 bridgehead atoms. The van der Waals surface area contributed by atoms with Crippen LogP contribution in [0.3, 0.4) is 0 Å². The van der Waals surface area contributed by atoms with Gasteiger partial charge in [0.25, 0.3) is 5.91 Å². The summed E-state index contributed by atoms with van der Waals surface area (Å²) in [6.07, 6.45) is 3.64. The highest BCUT2D eigenvalue weighted by Crippen LogP contribution is 2.12. The second-order valence-electron chi connectivity index (χ2n) is 6.05. The van der Waals surface area contributed by atoms with Gasteiger partial charge in [0.05, 0.1) is 0 Å². The molecule has 2 aromatic rings. The number of benzene rings is 1. The maximum Gasteiger partial charge on any atom is 0.414 e. The van der Waals surface area contributed by atoms with E-state index in [2.05, 4.69) is 16.0 Å². The highest BCUT2D eigenvalue weighted by atomic mass is 19.1. The molecule has 28 heavy (non-hydrogen) atoms. The van der Waals surface area contributed by atoms with Crippen LogP contribution in [-0.2, 0) is 16.1 Å². The lowest BCUT2D eigenvalue weighted by Gasteiger charge is -2.34. The number of amides is 1. The number of hydrogen-bond acceptors (Lipinski definition) is 5. The highest BCUT2D eigenvalue weighted by Gasteiger charge is 2.22. The number of halogens is 1. The van der Waals surface area contributed by atoms with Crippen molar-refractivity contribution in [1.29, 1.82) is 0 Å². The Kier molecular flexibility index (Phi) is 7.58. The molecule has 0 aliphatic carbocycles. The topological polar surface area (TPSA) is 111 Å². The molecule has 8 nitrogen and oxygen atoms in total. The van der Waals surface area contributed by atoms with E-state index in [9.17, 15) is 9.18 Å². The summed E-state index contributed by atoms with van der Waals surface area (Å²) in [5.41, 5.74) is 1.72. The summed E-state index contributed by atoms with van der Waals surface area (Å²) in [6, 6.07) is 9.73. The fraction of sp³-hybridized carbons (Fsp3) is 0.263. The van der Waals surface area contributed by atoms with Gasteiger partial charge in [-0.1, -0.05) is 6.07 Å². The largest absolute Gasteiger partial charge is 0.473 e. The molecule has 1 aromatic carbocycles. The fourth-order valence-electron chi connectivity index (χ4n) is 2.63. The number of carboxylic acid groups (broad SMARTS) is 2. The van der Waals surface area contributed by atoms with E-state index in [1.165, 1.54) is 17.7 Å². The molecule has 2 heterocycles. The summed E-state index contributed by atoms with van der Waals surface area (Å²) in [7, 11) is 0. The summed E-state index contributed by atoms with van der Waals surface area (Å²) >= 11 is 0. The molecule has 1 fully saturated rings. The lowest BCUT2D eigenvalue weighted by molar-refractivity contribution is -0.159. The van der Waals surface area contributed by atoms with Gasteiger partial charge in [0.1, 0.15) is 5.82 Å². The molecule has 1 aliphatic heterocycles. The quantitative estimate of drug-likeness (QED) is 0.762. The maximum absolute atomic E-state index is 12.9. The molecule has 1 saturated heterocycles. The highest BCUT2D eigenvalue weighted by molar-refractivity contribution is 6.27. The van der Waals surface area contributed by atoms with E-state index in [0.717, 1.165) is 19.6 Å². The lowest BCUT2D eigenvalue weighted by Crippen LogP contribution is -2.48. The average molecular weight is 389 g/mol. The Labute approximate surface area is 160 Å². The van der Waals surface area contributed by atoms with E-state index >= 15 is 0 Å². The standard InChI is InChI=1S/C17H18FN3O.C2H2O4/c18-16-5-3-15(4-6-16)17(22)21-10-8-20(9-11-21)13-14-2-1-7-19-12-14;3-1(4)2(5)6/h1-7,12H,8-11,13H2;(H,3,4)(H,5,6). The number of carbonyl (C=O) groups is 3. The number of rotatable bonds is 3. The van der Waals surface area contributed by atoms with Gasteiger partial charge >= 0.3 is 11.9 Å². The minimum Gasteiger partial charge on any atom is -0.473 e. The van der Waals surface area contributed by atoms with Crippen LogP contribution in [0.4, 0.5) is 4.39 Å². The van der Waals surface area contributed by atoms with Gasteiger partial charge in [-0.15, -0.1) is 0 Å². The van der Waals surface area contributed by atoms with Crippen LogP contribution in [0.2, 0.25) is 0 Å². The van der Waals surface area contributed by atoms with Crippen molar-refractivity contribution in [2.75, 3.05) is 26.2 Å². The Balaban J connectivity index is 0.000000409. The second-order valence-corrected chi connectivity index (χ2v) is 6.05. The van der Waals surface area contributed by atoms with Crippen LogP contribution in [0.15, 0.2) is 48.8 Å². The number of pyridine rings is 1. The summed E-state index contributed by atoms with van der Waals surface area (Å²) in [5, 5.41) is 14.8. The van der Waals surface area contributed by atoms with E-state index in [-0.39, 0.29) is 11.7 Å². The zero-order valence-electron chi connectivity index (χ0n) is 15.0. The molecule has 1 aromatic heterocycles. The molecule has 148 valence electrons. The monoisotopic (exact) mass is 389 g/mol. The zero-order valence-corrected chi connectivity index (χ0v) is 15.0. The molecule has 1 amide bonds. The third-order valence-corrected chi connectivity index (χ3v) is 4.06. The van der Waals surface area contributed by atoms with E-state index < -0.39 is 11.9 Å². The minimum atomic E-state index is -1.82. The number of aromatic nitrogens is 1. The van der Waals surface area contributed by atoms with Gasteiger partial charge in [0, 0.05) is 50.7 Å². The van der Waals surface area contributed by atoms with Crippen molar-refractivity contribution in [2.45, 2.75) is 6.54 Å². The van der Waals surface area contributed by atoms with Crippen molar-refractivity contribution in [3.8, 4) is 0 Å². The first-order valence-electron chi connectivity index (χ1n) is 8.49. The van der Waals surface area contributed by atoms with Crippen molar-refractivity contribution < 1.29 is 29.0 Å². The zero-order chi connectivity index (χ0) is 20.5. The predicted molar refractivity (Wildman–Crippen MR) is 97.1 cm³/mol. The van der Waals surface area contributed by atoms with Gasteiger partial charge < -0.3 is 15.1 Å². The van der Waals surface area contributed by atoms with Crippen molar-refractivity contribution in [2.24, 2.45) is 0 Å². The van der Waals surface area contributed by atoms with Crippen molar-refractivity contribution in [3.05, 3.63) is 65.7 Å². The van der Waals surface area contributed by atoms with Crippen LogP contribution in [-0.4, -0.2) is 69.0 Å². The minimum absolute atomic E-state index is 0.0268. The first-order chi connectivity index (χ1) is 13.4. The van der Waals surface area contributed by atoms with Gasteiger partial charge in [-0.25, -0.2) is 14.0 Å². The molecule has 0 atom stereocenters. The van der Waals surface area contributed by atoms with Gasteiger partial charge in [-0.05, 0) is 35.9 Å². The maximum atomic E-state index is 12.9. The molecule has 0 spiro atoms. The Morgan fingerprint density at radius 2 is 1.57 bits per heavy atom. The normalized spacial score (nSPS) is 14.0. The van der Waals surface area contributed by atoms with E-state index in [1.54, 1.807) is 18.3 Å². The molecule has 9 heteroatoms. The Morgan fingerprint density at radius 1 is 0.964 bits per heavy atom. The Hall–Kier alpha value is -3.33. The van der Waals surface area contributed by atoms with E-state index in [0.29, 0.717) is 18.7 Å². The van der Waals surface area contributed by atoms with Crippen LogP contribution in [0.5, 0.6) is 0 Å². The number of piperazine rings is 1. The molecule has 1 aliphatic rings. The van der Waals surface area contributed by atoms with Crippen molar-refractivity contribution >= 4 is 17.8 Å². The molecular formula is C19H20FN3O5. The fourth-order valence-corrected chi connectivity index (χ4v) is 2.63. The Morgan fingerprint density at radius 3 is 2.07 bits per heavy atom. The Bertz CT molecular complexity index is 794. The third-order valence-electron chi connectivity index (χ3n) is 4.06. The van der Waals surface area contributed by atoms with Crippen molar-refractivity contribution in [3.63, 3.8) is 0 Å². The third kappa shape index (κ3) is 6.44. The predicted octanol–water partition coefficient (Wildman–Crippen LogP) is 1.33. The number of nitrogens with zero attached hydrogens (tertiary/aromatic N) is 3. The second kappa shape index (κ2) is 10.1. The van der Waals surface area contributed by atoms with Crippen LogP contribution < -0.4 is 0 Å². The summed E-state index contributed by atoms with van der Waals surface area (Å²) in [4.78, 5) is 38.8. The van der Waals surface area contributed by atoms with Crippen molar-refractivity contribution in [1.82, 2.24) is 14.8 Å². The SMILES string of the molecule is O=C(O)C(=O)O.O=C(c1ccc(F)cc1)N1CCN(Cc2cccnc2)CC1. The van der Waals surface area contributed by atoms with Crippen LogP contribution in [0.25, 0.3) is 0 Å². The van der Waals surface area contributed by atoms with Gasteiger partial charge in [-0.3, -0.25) is 14.7 Å². The first-order valence-corrected chi connectivity index (χ1v) is 8.49. The summed E-state index contributed by atoms with van der Waals surface area (Å²) in [6.45, 7) is 3.91. The molecule has 0 unspecified atom stereocenters. The lowest BCUT2D eigenvalue weighted by atomic mass is 10.1. The summed E-state index contributed by atoms with van der Waals surface area (Å²) < 4.78 is 12.9. The van der Waals surface area contributed by atoms with Crippen LogP contribution in [0, 0.1) is 5.82 Å². The summed E-state index contributed by atoms with van der Waals surface area (Å²) in [5.74, 6) is -4.00. The smallest absolute Gasteiger partial charge is 0.414 e. The molecule has 0 saturated carbocycles. The van der Waals surface area contributed by atoms with Gasteiger partial charge in [0.2, 0.25) is 0 Å². The van der Waals surface area contributed by atoms with Gasteiger partial charge in [-0.2, -0.15) is 0 Å². The number of carbonyl (C=O) groups excluding carboxylic acids is 1. The van der Waals surface area contributed by atoms with Gasteiger partial charge in [0.15, 0.2) is 0 Å². The van der Waals surface area contributed by atoms with Crippen LogP contribution in [0.1, 0.15) is 15.9 Å². The van der Waals surface area contributed by atoms with Crippen LogP contribution >= 0.6 is 0 Å². The number of carboxylic acids is 2.